The van der Waals surface area contributed by atoms with Crippen LogP contribution in [0, 0.1) is 0 Å². The molecule has 1 amide bonds. The molecule has 0 saturated carbocycles. The smallest absolute Gasteiger partial charge is 0.260 e. The lowest BCUT2D eigenvalue weighted by Gasteiger charge is -2.20. The second-order valence-corrected chi connectivity index (χ2v) is 8.99. The molecule has 0 unspecified atom stereocenters. The van der Waals surface area contributed by atoms with E-state index in [9.17, 15) is 9.59 Å². The fraction of sp³-hybridized carbons (Fsp3) is 0.381. The number of benzene rings is 1. The summed E-state index contributed by atoms with van der Waals surface area (Å²) in [5, 5.41) is 1.29. The summed E-state index contributed by atoms with van der Waals surface area (Å²) < 4.78 is 0. The molecule has 0 bridgehead atoms. The predicted molar refractivity (Wildman–Crippen MR) is 115 cm³/mol. The maximum absolute atomic E-state index is 12.6. The monoisotopic (exact) mass is 413 g/mol. The molecule has 0 aliphatic heterocycles. The highest BCUT2D eigenvalue weighted by Crippen LogP contribution is 2.34. The number of carbonyl (C=O) groups excluding carboxylic acids is 1. The van der Waals surface area contributed by atoms with Gasteiger partial charge in [0.15, 0.2) is 5.16 Å². The Kier molecular flexibility index (Phi) is 5.82. The molecule has 4 rings (SSSR count). The highest BCUT2D eigenvalue weighted by Gasteiger charge is 2.20. The van der Waals surface area contributed by atoms with Crippen LogP contribution in [-0.4, -0.2) is 33.1 Å². The normalized spacial score (nSPS) is 13.5. The van der Waals surface area contributed by atoms with Crippen molar-refractivity contribution in [2.75, 3.05) is 12.3 Å². The van der Waals surface area contributed by atoms with Crippen molar-refractivity contribution in [3.63, 3.8) is 0 Å². The first-order chi connectivity index (χ1) is 13.7. The first-order valence-electron chi connectivity index (χ1n) is 9.64. The molecule has 0 radical (unpaired) electrons. The van der Waals surface area contributed by atoms with Gasteiger partial charge in [0.25, 0.3) is 5.56 Å². The van der Waals surface area contributed by atoms with Crippen LogP contribution in [0.4, 0.5) is 0 Å². The third-order valence-electron chi connectivity index (χ3n) is 5.09. The van der Waals surface area contributed by atoms with Crippen molar-refractivity contribution in [2.24, 2.45) is 0 Å². The third kappa shape index (κ3) is 4.00. The molecular formula is C21H23N3O2S2. The molecule has 0 atom stereocenters. The van der Waals surface area contributed by atoms with Gasteiger partial charge in [0.2, 0.25) is 5.91 Å². The van der Waals surface area contributed by atoms with Gasteiger partial charge in [0.05, 0.1) is 11.1 Å². The van der Waals surface area contributed by atoms with Gasteiger partial charge in [-0.2, -0.15) is 0 Å². The van der Waals surface area contributed by atoms with Gasteiger partial charge in [0.1, 0.15) is 4.83 Å². The minimum absolute atomic E-state index is 0.0459. The molecule has 2 heterocycles. The van der Waals surface area contributed by atoms with Gasteiger partial charge in [-0.1, -0.05) is 42.1 Å². The maximum Gasteiger partial charge on any atom is 0.260 e. The number of H-pyrrole nitrogens is 1. The van der Waals surface area contributed by atoms with Crippen LogP contribution in [0.3, 0.4) is 0 Å². The Bertz CT molecular complexity index is 1040. The van der Waals surface area contributed by atoms with E-state index in [1.54, 1.807) is 11.3 Å². The van der Waals surface area contributed by atoms with Crippen LogP contribution in [0.5, 0.6) is 0 Å². The summed E-state index contributed by atoms with van der Waals surface area (Å²) in [6, 6.07) is 9.97. The predicted octanol–water partition coefficient (Wildman–Crippen LogP) is 4.00. The van der Waals surface area contributed by atoms with E-state index < -0.39 is 0 Å². The number of aryl methyl sites for hydroxylation is 2. The number of rotatable bonds is 6. The SMILES string of the molecule is CCN(Cc1ccccc1)C(=O)CSc1nc2sc3c(c2c(=O)[nH]1)CCCC3. The number of nitrogens with zero attached hydrogens (tertiary/aromatic N) is 2. The lowest BCUT2D eigenvalue weighted by Crippen LogP contribution is -2.31. The largest absolute Gasteiger partial charge is 0.338 e. The van der Waals surface area contributed by atoms with Crippen LogP contribution >= 0.6 is 23.1 Å². The van der Waals surface area contributed by atoms with Crippen molar-refractivity contribution >= 4 is 39.2 Å². The molecule has 1 N–H and O–H groups in total. The van der Waals surface area contributed by atoms with E-state index in [1.807, 2.05) is 42.2 Å². The van der Waals surface area contributed by atoms with Crippen molar-refractivity contribution in [3.05, 3.63) is 56.7 Å². The number of carbonyl (C=O) groups is 1. The second-order valence-electron chi connectivity index (χ2n) is 6.94. The molecule has 5 nitrogen and oxygen atoms in total. The Morgan fingerprint density at radius 2 is 2.04 bits per heavy atom. The van der Waals surface area contributed by atoms with E-state index in [1.165, 1.54) is 28.6 Å². The van der Waals surface area contributed by atoms with Crippen molar-refractivity contribution in [1.82, 2.24) is 14.9 Å². The van der Waals surface area contributed by atoms with E-state index in [2.05, 4.69) is 9.97 Å². The lowest BCUT2D eigenvalue weighted by molar-refractivity contribution is -0.128. The number of hydrogen-bond acceptors (Lipinski definition) is 5. The van der Waals surface area contributed by atoms with Gasteiger partial charge < -0.3 is 9.88 Å². The molecule has 0 spiro atoms. The minimum atomic E-state index is -0.0732. The highest BCUT2D eigenvalue weighted by molar-refractivity contribution is 7.99. The van der Waals surface area contributed by atoms with E-state index in [0.29, 0.717) is 18.2 Å². The molecule has 28 heavy (non-hydrogen) atoms. The Balaban J connectivity index is 1.47. The van der Waals surface area contributed by atoms with Crippen LogP contribution in [0.15, 0.2) is 40.3 Å². The van der Waals surface area contributed by atoms with Gasteiger partial charge in [-0.25, -0.2) is 4.98 Å². The first-order valence-corrected chi connectivity index (χ1v) is 11.4. The molecule has 7 heteroatoms. The standard InChI is InChI=1S/C21H23N3O2S2/c1-2-24(12-14-8-4-3-5-9-14)17(25)13-27-21-22-19(26)18-15-10-6-7-11-16(15)28-20(18)23-21/h3-5,8-9H,2,6-7,10-13H2,1H3,(H,22,23,26). The van der Waals surface area contributed by atoms with Crippen molar-refractivity contribution in [3.8, 4) is 0 Å². The summed E-state index contributed by atoms with van der Waals surface area (Å²) in [6.07, 6.45) is 4.33. The average Bonchev–Trinajstić information content (AvgIpc) is 3.10. The maximum atomic E-state index is 12.6. The van der Waals surface area contributed by atoms with E-state index >= 15 is 0 Å². The number of aromatic nitrogens is 2. The summed E-state index contributed by atoms with van der Waals surface area (Å²) in [5.74, 6) is 0.310. The zero-order chi connectivity index (χ0) is 19.5. The lowest BCUT2D eigenvalue weighted by atomic mass is 9.97. The summed E-state index contributed by atoms with van der Waals surface area (Å²) in [4.78, 5) is 36.7. The Labute approximate surface area is 172 Å². The van der Waals surface area contributed by atoms with Crippen molar-refractivity contribution in [1.29, 1.82) is 0 Å². The molecule has 0 saturated heterocycles. The fourth-order valence-electron chi connectivity index (χ4n) is 3.61. The Morgan fingerprint density at radius 1 is 1.25 bits per heavy atom. The Morgan fingerprint density at radius 3 is 2.82 bits per heavy atom. The molecule has 0 fully saturated rings. The van der Waals surface area contributed by atoms with E-state index in [4.69, 9.17) is 0 Å². The van der Waals surface area contributed by atoms with Gasteiger partial charge >= 0.3 is 0 Å². The van der Waals surface area contributed by atoms with Gasteiger partial charge in [-0.15, -0.1) is 11.3 Å². The second kappa shape index (κ2) is 8.49. The summed E-state index contributed by atoms with van der Waals surface area (Å²) in [7, 11) is 0. The molecule has 1 aliphatic rings. The molecule has 1 aromatic carbocycles. The number of thioether (sulfide) groups is 1. The highest BCUT2D eigenvalue weighted by atomic mass is 32.2. The number of nitrogens with one attached hydrogen (secondary N) is 1. The van der Waals surface area contributed by atoms with E-state index in [-0.39, 0.29) is 17.2 Å². The van der Waals surface area contributed by atoms with Crippen LogP contribution in [0.25, 0.3) is 10.2 Å². The van der Waals surface area contributed by atoms with Crippen LogP contribution in [0.1, 0.15) is 35.8 Å². The number of fused-ring (bicyclic) bond motifs is 3. The summed E-state index contributed by atoms with van der Waals surface area (Å²) in [5.41, 5.74) is 2.23. The molecule has 146 valence electrons. The van der Waals surface area contributed by atoms with Crippen molar-refractivity contribution in [2.45, 2.75) is 44.3 Å². The van der Waals surface area contributed by atoms with Crippen LogP contribution in [-0.2, 0) is 24.2 Å². The Hall–Kier alpha value is -2.12. The number of amides is 1. The van der Waals surface area contributed by atoms with Gasteiger partial charge in [-0.05, 0) is 43.7 Å². The zero-order valence-electron chi connectivity index (χ0n) is 15.9. The molecule has 2 aromatic heterocycles. The number of aromatic amines is 1. The molecule has 3 aromatic rings. The van der Waals surface area contributed by atoms with Gasteiger partial charge in [-0.3, -0.25) is 9.59 Å². The summed E-state index contributed by atoms with van der Waals surface area (Å²) in [6.45, 7) is 3.22. The topological polar surface area (TPSA) is 66.1 Å². The third-order valence-corrected chi connectivity index (χ3v) is 7.13. The van der Waals surface area contributed by atoms with Crippen molar-refractivity contribution < 1.29 is 4.79 Å². The minimum Gasteiger partial charge on any atom is -0.338 e. The number of thiophene rings is 1. The molecular weight excluding hydrogens is 390 g/mol. The van der Waals surface area contributed by atoms with Crippen LogP contribution in [0.2, 0.25) is 0 Å². The van der Waals surface area contributed by atoms with E-state index in [0.717, 1.165) is 35.0 Å². The average molecular weight is 414 g/mol. The molecule has 1 aliphatic carbocycles. The quantitative estimate of drug-likeness (QED) is 0.490. The summed E-state index contributed by atoms with van der Waals surface area (Å²) >= 11 is 2.94. The first kappa shape index (κ1) is 19.2. The zero-order valence-corrected chi connectivity index (χ0v) is 17.5. The fourth-order valence-corrected chi connectivity index (χ4v) is 5.70. The van der Waals surface area contributed by atoms with Gasteiger partial charge in [0, 0.05) is 18.0 Å². The van der Waals surface area contributed by atoms with Crippen LogP contribution < -0.4 is 5.56 Å². The number of hydrogen-bond donors (Lipinski definition) is 1.